The Morgan fingerprint density at radius 3 is 2.35 bits per heavy atom. The largest absolute Gasteiger partial charge is 0.351 e. The SMILES string of the molecule is CC(C)(C)c1ccc(N(C(=O)[C@H]2CCCN2)C(C(=O)NC2CCC(F)(F)CC2)c2cncc(F)c2)cc1. The average Bonchev–Trinajstić information content (AvgIpc) is 3.38. The quantitative estimate of drug-likeness (QED) is 0.564. The summed E-state index contributed by atoms with van der Waals surface area (Å²) in [5.74, 6) is -4.23. The van der Waals surface area contributed by atoms with Crippen LogP contribution in [0.1, 0.15) is 76.5 Å². The maximum atomic E-state index is 14.3. The summed E-state index contributed by atoms with van der Waals surface area (Å²) < 4.78 is 41.7. The van der Waals surface area contributed by atoms with Crippen molar-refractivity contribution in [2.24, 2.45) is 0 Å². The number of carbonyl (C=O) groups is 2. The van der Waals surface area contributed by atoms with E-state index < -0.39 is 35.8 Å². The standard InChI is InChI=1S/C28H35F3N4O2/c1-27(2,3)19-6-8-22(9-7-19)35(26(37)23-5-4-14-33-23)24(18-15-20(29)17-32-16-18)25(36)34-21-10-12-28(30,31)13-11-21/h6-9,15-17,21,23-24,33H,4-5,10-14H2,1-3H3,(H,34,36)/t23-,24?/m1/s1. The molecule has 1 aromatic heterocycles. The van der Waals surface area contributed by atoms with Crippen LogP contribution >= 0.6 is 0 Å². The second kappa shape index (κ2) is 10.8. The van der Waals surface area contributed by atoms with Gasteiger partial charge in [0.05, 0.1) is 12.2 Å². The molecule has 1 saturated carbocycles. The smallest absolute Gasteiger partial charge is 0.248 e. The molecule has 2 amide bonds. The second-order valence-electron chi connectivity index (χ2n) is 11.1. The number of amides is 2. The number of nitrogens with one attached hydrogen (secondary N) is 2. The second-order valence-corrected chi connectivity index (χ2v) is 11.1. The Kier molecular flexibility index (Phi) is 7.92. The third-order valence-electron chi connectivity index (χ3n) is 7.22. The maximum Gasteiger partial charge on any atom is 0.248 e. The fourth-order valence-electron chi connectivity index (χ4n) is 5.05. The van der Waals surface area contributed by atoms with Crippen molar-refractivity contribution >= 4 is 17.5 Å². The van der Waals surface area contributed by atoms with E-state index in [9.17, 15) is 22.8 Å². The zero-order valence-electron chi connectivity index (χ0n) is 21.6. The first-order valence-corrected chi connectivity index (χ1v) is 12.9. The summed E-state index contributed by atoms with van der Waals surface area (Å²) in [5.41, 5.74) is 1.64. The molecule has 1 aliphatic heterocycles. The van der Waals surface area contributed by atoms with E-state index in [1.165, 1.54) is 17.2 Å². The lowest BCUT2D eigenvalue weighted by Gasteiger charge is -2.35. The molecule has 0 spiro atoms. The highest BCUT2D eigenvalue weighted by atomic mass is 19.3. The summed E-state index contributed by atoms with van der Waals surface area (Å²) in [6.07, 6.45) is 3.47. The number of nitrogens with zero attached hydrogens (tertiary/aromatic N) is 2. The Hall–Kier alpha value is -2.94. The van der Waals surface area contributed by atoms with Crippen LogP contribution in [-0.2, 0) is 15.0 Å². The van der Waals surface area contributed by atoms with Gasteiger partial charge in [-0.15, -0.1) is 0 Å². The van der Waals surface area contributed by atoms with Crippen LogP contribution in [-0.4, -0.2) is 41.3 Å². The van der Waals surface area contributed by atoms with Gasteiger partial charge >= 0.3 is 0 Å². The van der Waals surface area contributed by atoms with Crippen molar-refractivity contribution in [2.75, 3.05) is 11.4 Å². The zero-order chi connectivity index (χ0) is 26.8. The topological polar surface area (TPSA) is 74.3 Å². The zero-order valence-corrected chi connectivity index (χ0v) is 21.6. The van der Waals surface area contributed by atoms with E-state index in [1.807, 2.05) is 12.1 Å². The number of pyridine rings is 1. The van der Waals surface area contributed by atoms with Crippen molar-refractivity contribution in [3.8, 4) is 0 Å². The molecule has 1 aromatic carbocycles. The van der Waals surface area contributed by atoms with E-state index in [0.717, 1.165) is 18.2 Å². The highest BCUT2D eigenvalue weighted by Crippen LogP contribution is 2.35. The fourth-order valence-corrected chi connectivity index (χ4v) is 5.05. The Balaban J connectivity index is 1.73. The molecular weight excluding hydrogens is 481 g/mol. The third kappa shape index (κ3) is 6.50. The van der Waals surface area contributed by atoms with Gasteiger partial charge in [-0.05, 0) is 61.4 Å². The monoisotopic (exact) mass is 516 g/mol. The van der Waals surface area contributed by atoms with E-state index in [1.54, 1.807) is 12.1 Å². The van der Waals surface area contributed by atoms with Gasteiger partial charge in [0.1, 0.15) is 11.9 Å². The maximum absolute atomic E-state index is 14.3. The van der Waals surface area contributed by atoms with E-state index in [2.05, 4.69) is 36.4 Å². The van der Waals surface area contributed by atoms with E-state index in [-0.39, 0.29) is 42.6 Å². The van der Waals surface area contributed by atoms with Gasteiger partial charge in [-0.3, -0.25) is 19.5 Å². The van der Waals surface area contributed by atoms with Crippen molar-refractivity contribution in [3.05, 3.63) is 59.7 Å². The molecule has 1 aliphatic carbocycles. The fraction of sp³-hybridized carbons (Fsp3) is 0.536. The minimum Gasteiger partial charge on any atom is -0.351 e. The van der Waals surface area contributed by atoms with Gasteiger partial charge in [-0.1, -0.05) is 32.9 Å². The molecule has 1 saturated heterocycles. The predicted molar refractivity (Wildman–Crippen MR) is 136 cm³/mol. The number of rotatable bonds is 6. The molecular formula is C28H35F3N4O2. The van der Waals surface area contributed by atoms with Crippen LogP contribution in [0.5, 0.6) is 0 Å². The first-order chi connectivity index (χ1) is 17.4. The lowest BCUT2D eigenvalue weighted by molar-refractivity contribution is -0.128. The van der Waals surface area contributed by atoms with Crippen LogP contribution in [0, 0.1) is 5.82 Å². The van der Waals surface area contributed by atoms with Crippen LogP contribution in [0.15, 0.2) is 42.7 Å². The Bertz CT molecular complexity index is 1100. The number of alkyl halides is 2. The number of anilines is 1. The Morgan fingerprint density at radius 2 is 1.78 bits per heavy atom. The Morgan fingerprint density at radius 1 is 1.11 bits per heavy atom. The summed E-state index contributed by atoms with van der Waals surface area (Å²) in [7, 11) is 0. The molecule has 1 unspecified atom stereocenters. The van der Waals surface area contributed by atoms with Gasteiger partial charge in [0, 0.05) is 36.3 Å². The molecule has 4 rings (SSSR count). The van der Waals surface area contributed by atoms with E-state index in [4.69, 9.17) is 0 Å². The van der Waals surface area contributed by atoms with Crippen LogP contribution < -0.4 is 15.5 Å². The number of benzene rings is 1. The molecule has 200 valence electrons. The first kappa shape index (κ1) is 27.1. The first-order valence-electron chi connectivity index (χ1n) is 12.9. The molecule has 2 fully saturated rings. The van der Waals surface area contributed by atoms with Gasteiger partial charge in [-0.2, -0.15) is 0 Å². The molecule has 2 aliphatic rings. The molecule has 2 atom stereocenters. The predicted octanol–water partition coefficient (Wildman–Crippen LogP) is 5.04. The molecule has 9 heteroatoms. The Labute approximate surface area is 216 Å². The number of aromatic nitrogens is 1. The van der Waals surface area contributed by atoms with Gasteiger partial charge < -0.3 is 10.6 Å². The summed E-state index contributed by atoms with van der Waals surface area (Å²) in [6.45, 7) is 6.92. The molecule has 0 radical (unpaired) electrons. The highest BCUT2D eigenvalue weighted by Gasteiger charge is 2.40. The number of hydrogen-bond acceptors (Lipinski definition) is 4. The van der Waals surface area contributed by atoms with Gasteiger partial charge in [0.2, 0.25) is 17.7 Å². The van der Waals surface area contributed by atoms with Crippen LogP contribution in [0.25, 0.3) is 0 Å². The molecule has 37 heavy (non-hydrogen) atoms. The average molecular weight is 517 g/mol. The molecule has 0 bridgehead atoms. The van der Waals surface area contributed by atoms with Crippen molar-refractivity contribution in [1.82, 2.24) is 15.6 Å². The molecule has 2 heterocycles. The lowest BCUT2D eigenvalue weighted by Crippen LogP contribution is -2.52. The van der Waals surface area contributed by atoms with Crippen molar-refractivity contribution in [1.29, 1.82) is 0 Å². The van der Waals surface area contributed by atoms with Crippen LogP contribution in [0.3, 0.4) is 0 Å². The van der Waals surface area contributed by atoms with Crippen LogP contribution in [0.4, 0.5) is 18.9 Å². The summed E-state index contributed by atoms with van der Waals surface area (Å²) in [6, 6.07) is 6.44. The normalized spacial score (nSPS) is 20.9. The lowest BCUT2D eigenvalue weighted by atomic mass is 9.87. The summed E-state index contributed by atoms with van der Waals surface area (Å²) >= 11 is 0. The molecule has 2 aromatic rings. The van der Waals surface area contributed by atoms with Crippen molar-refractivity contribution in [3.63, 3.8) is 0 Å². The van der Waals surface area contributed by atoms with E-state index in [0.29, 0.717) is 18.7 Å². The minimum atomic E-state index is -2.74. The van der Waals surface area contributed by atoms with Crippen LogP contribution in [0.2, 0.25) is 0 Å². The van der Waals surface area contributed by atoms with Crippen molar-refractivity contribution in [2.45, 2.75) is 88.8 Å². The highest BCUT2D eigenvalue weighted by molar-refractivity contribution is 6.03. The third-order valence-corrected chi connectivity index (χ3v) is 7.22. The van der Waals surface area contributed by atoms with Gasteiger partial charge in [-0.25, -0.2) is 13.2 Å². The van der Waals surface area contributed by atoms with Gasteiger partial charge in [0.15, 0.2) is 0 Å². The number of carbonyl (C=O) groups excluding carboxylic acids is 2. The molecule has 6 nitrogen and oxygen atoms in total. The van der Waals surface area contributed by atoms with Crippen molar-refractivity contribution < 1.29 is 22.8 Å². The molecule has 2 N–H and O–H groups in total. The minimum absolute atomic E-state index is 0.118. The summed E-state index contributed by atoms with van der Waals surface area (Å²) in [4.78, 5) is 33.0. The van der Waals surface area contributed by atoms with E-state index >= 15 is 0 Å². The van der Waals surface area contributed by atoms with Gasteiger partial charge in [0.25, 0.3) is 0 Å². The number of hydrogen-bond donors (Lipinski definition) is 2. The summed E-state index contributed by atoms with van der Waals surface area (Å²) in [5, 5.41) is 6.06. The number of halogens is 3.